The second-order valence-electron chi connectivity index (χ2n) is 6.87. The number of benzene rings is 2. The van der Waals surface area contributed by atoms with Crippen LogP contribution in [0, 0.1) is 0 Å². The van der Waals surface area contributed by atoms with Crippen LogP contribution in [0.2, 0.25) is 0 Å². The first-order valence-electron chi connectivity index (χ1n) is 10.3. The summed E-state index contributed by atoms with van der Waals surface area (Å²) in [5, 5.41) is 0.525. The van der Waals surface area contributed by atoms with E-state index in [0.29, 0.717) is 12.0 Å². The third kappa shape index (κ3) is 5.45. The van der Waals surface area contributed by atoms with Crippen LogP contribution in [0.4, 0.5) is 0 Å². The van der Waals surface area contributed by atoms with Gasteiger partial charge < -0.3 is 14.5 Å². The third-order valence-corrected chi connectivity index (χ3v) is 5.77. The Morgan fingerprint density at radius 1 is 1.13 bits per heavy atom. The number of nitrogens with one attached hydrogen (secondary N) is 1. The van der Waals surface area contributed by atoms with Gasteiger partial charge in [0.05, 0.1) is 18.7 Å². The first-order valence-corrected chi connectivity index (χ1v) is 11.3. The molecule has 158 valence electrons. The summed E-state index contributed by atoms with van der Waals surface area (Å²) >= 11 is 1.72. The minimum absolute atomic E-state index is 0.0439. The zero-order valence-electron chi connectivity index (χ0n) is 17.4. The van der Waals surface area contributed by atoms with Crippen molar-refractivity contribution in [2.45, 2.75) is 38.0 Å². The van der Waals surface area contributed by atoms with Gasteiger partial charge in [-0.3, -0.25) is 4.79 Å². The molecule has 5 nitrogen and oxygen atoms in total. The van der Waals surface area contributed by atoms with Crippen LogP contribution in [-0.4, -0.2) is 29.9 Å². The number of fused-ring (bicyclic) bond motifs is 1. The molecule has 0 atom stereocenters. The molecule has 2 aromatic carbocycles. The van der Waals surface area contributed by atoms with Gasteiger partial charge in [0.1, 0.15) is 11.3 Å². The van der Waals surface area contributed by atoms with Gasteiger partial charge in [0.25, 0.3) is 0 Å². The monoisotopic (exact) mass is 425 g/mol. The molecule has 0 bridgehead atoms. The number of pyridine rings is 1. The molecule has 3 rings (SSSR count). The Bertz CT molecular complexity index is 1050. The van der Waals surface area contributed by atoms with Crippen molar-refractivity contribution >= 4 is 28.6 Å². The largest absolute Gasteiger partial charge is 0.493 e. The van der Waals surface area contributed by atoms with Gasteiger partial charge in [-0.05, 0) is 49.6 Å². The highest BCUT2D eigenvalue weighted by atomic mass is 32.2. The van der Waals surface area contributed by atoms with Gasteiger partial charge in [-0.1, -0.05) is 31.5 Å². The standard InChI is InChI=1S/C24H27NO4S/c1-3-5-9-17-14-19-21(25-16-20(23(19)26)24(27)28-4-2)15-22(17)30-13-12-29-18-10-7-6-8-11-18/h6-8,10-11,14-16H,3-5,9,12-13H2,1-2H3,(H,25,26). The van der Waals surface area contributed by atoms with Gasteiger partial charge in [0.2, 0.25) is 5.43 Å². The average Bonchev–Trinajstić information content (AvgIpc) is 2.76. The maximum absolute atomic E-state index is 12.9. The Labute approximate surface area is 180 Å². The average molecular weight is 426 g/mol. The molecule has 0 spiro atoms. The molecule has 0 aliphatic rings. The van der Waals surface area contributed by atoms with Crippen molar-refractivity contribution in [2.24, 2.45) is 0 Å². The second-order valence-corrected chi connectivity index (χ2v) is 8.01. The third-order valence-electron chi connectivity index (χ3n) is 4.71. The van der Waals surface area contributed by atoms with Crippen LogP contribution in [0.5, 0.6) is 5.75 Å². The molecule has 6 heteroatoms. The summed E-state index contributed by atoms with van der Waals surface area (Å²) in [4.78, 5) is 29.1. The number of esters is 1. The number of carbonyl (C=O) groups excluding carboxylic acids is 1. The fourth-order valence-electron chi connectivity index (χ4n) is 3.18. The molecule has 0 fully saturated rings. The maximum Gasteiger partial charge on any atom is 0.343 e. The lowest BCUT2D eigenvalue weighted by atomic mass is 10.0. The number of thioether (sulfide) groups is 1. The van der Waals surface area contributed by atoms with Crippen molar-refractivity contribution in [3.05, 3.63) is 70.0 Å². The van der Waals surface area contributed by atoms with E-state index in [9.17, 15) is 9.59 Å². The summed E-state index contributed by atoms with van der Waals surface area (Å²) in [6, 6.07) is 13.7. The normalized spacial score (nSPS) is 10.9. The minimum Gasteiger partial charge on any atom is -0.493 e. The smallest absolute Gasteiger partial charge is 0.343 e. The summed E-state index contributed by atoms with van der Waals surface area (Å²) in [5.74, 6) is 1.07. The van der Waals surface area contributed by atoms with Crippen LogP contribution in [0.3, 0.4) is 0 Å². The lowest BCUT2D eigenvalue weighted by Crippen LogP contribution is -2.18. The number of aromatic nitrogens is 1. The Morgan fingerprint density at radius 3 is 2.67 bits per heavy atom. The fraction of sp³-hybridized carbons (Fsp3) is 0.333. The molecule has 0 amide bonds. The van der Waals surface area contributed by atoms with Crippen molar-refractivity contribution in [3.63, 3.8) is 0 Å². The number of ether oxygens (including phenoxy) is 2. The first-order chi connectivity index (χ1) is 14.6. The predicted molar refractivity (Wildman–Crippen MR) is 122 cm³/mol. The van der Waals surface area contributed by atoms with Crippen LogP contribution < -0.4 is 10.2 Å². The lowest BCUT2D eigenvalue weighted by Gasteiger charge is -2.12. The molecule has 0 saturated carbocycles. The van der Waals surface area contributed by atoms with E-state index >= 15 is 0 Å². The van der Waals surface area contributed by atoms with Gasteiger partial charge in [-0.25, -0.2) is 4.79 Å². The predicted octanol–water partition coefficient (Wildman–Crippen LogP) is 5.22. The molecule has 0 aliphatic heterocycles. The van der Waals surface area contributed by atoms with Gasteiger partial charge in [0.15, 0.2) is 0 Å². The number of carbonyl (C=O) groups is 1. The lowest BCUT2D eigenvalue weighted by molar-refractivity contribution is 0.0524. The van der Waals surface area contributed by atoms with E-state index in [1.165, 1.54) is 6.20 Å². The van der Waals surface area contributed by atoms with Crippen molar-refractivity contribution in [3.8, 4) is 5.75 Å². The van der Waals surface area contributed by atoms with Gasteiger partial charge in [-0.15, -0.1) is 11.8 Å². The maximum atomic E-state index is 12.9. The molecule has 0 saturated heterocycles. The molecule has 0 radical (unpaired) electrons. The number of aryl methyl sites for hydroxylation is 1. The number of H-pyrrole nitrogens is 1. The molecule has 1 N–H and O–H groups in total. The topological polar surface area (TPSA) is 68.4 Å². The van der Waals surface area contributed by atoms with E-state index in [4.69, 9.17) is 9.47 Å². The van der Waals surface area contributed by atoms with E-state index in [1.54, 1.807) is 18.7 Å². The Balaban J connectivity index is 1.82. The Hall–Kier alpha value is -2.73. The molecule has 30 heavy (non-hydrogen) atoms. The molecule has 1 aromatic heterocycles. The number of unbranched alkanes of at least 4 members (excludes halogenated alkanes) is 1. The van der Waals surface area contributed by atoms with Gasteiger partial charge >= 0.3 is 5.97 Å². The van der Waals surface area contributed by atoms with Gasteiger partial charge in [-0.2, -0.15) is 0 Å². The van der Waals surface area contributed by atoms with Crippen LogP contribution in [0.25, 0.3) is 10.9 Å². The zero-order chi connectivity index (χ0) is 21.3. The van der Waals surface area contributed by atoms with E-state index in [1.807, 2.05) is 42.5 Å². The Kier molecular flexibility index (Phi) is 7.97. The Morgan fingerprint density at radius 2 is 1.93 bits per heavy atom. The van der Waals surface area contributed by atoms with E-state index < -0.39 is 5.97 Å². The molecule has 3 aromatic rings. The summed E-state index contributed by atoms with van der Waals surface area (Å²) in [5.41, 5.74) is 1.60. The number of rotatable bonds is 10. The number of para-hydroxylation sites is 1. The van der Waals surface area contributed by atoms with Crippen molar-refractivity contribution in [1.29, 1.82) is 0 Å². The van der Waals surface area contributed by atoms with Crippen LogP contribution in [0.15, 0.2) is 58.4 Å². The summed E-state index contributed by atoms with van der Waals surface area (Å²) < 4.78 is 10.8. The van der Waals surface area contributed by atoms with E-state index in [-0.39, 0.29) is 17.6 Å². The fourth-order valence-corrected chi connectivity index (χ4v) is 4.11. The van der Waals surface area contributed by atoms with E-state index in [2.05, 4.69) is 11.9 Å². The van der Waals surface area contributed by atoms with Crippen molar-refractivity contribution in [1.82, 2.24) is 4.98 Å². The molecular weight excluding hydrogens is 398 g/mol. The molecular formula is C24H27NO4S. The second kappa shape index (κ2) is 10.9. The highest BCUT2D eigenvalue weighted by molar-refractivity contribution is 7.99. The van der Waals surface area contributed by atoms with E-state index in [0.717, 1.165) is 46.7 Å². The highest BCUT2D eigenvalue weighted by Crippen LogP contribution is 2.28. The van der Waals surface area contributed by atoms with Crippen LogP contribution in [-0.2, 0) is 11.2 Å². The number of hydrogen-bond acceptors (Lipinski definition) is 5. The summed E-state index contributed by atoms with van der Waals surface area (Å²) in [6.07, 6.45) is 4.44. The molecule has 0 aliphatic carbocycles. The van der Waals surface area contributed by atoms with Crippen LogP contribution >= 0.6 is 11.8 Å². The summed E-state index contributed by atoms with van der Waals surface area (Å²) in [7, 11) is 0. The molecule has 1 heterocycles. The van der Waals surface area contributed by atoms with Crippen molar-refractivity contribution in [2.75, 3.05) is 19.0 Å². The zero-order valence-corrected chi connectivity index (χ0v) is 18.2. The minimum atomic E-state index is -0.590. The number of hydrogen-bond donors (Lipinski definition) is 1. The molecule has 0 unspecified atom stereocenters. The SMILES string of the molecule is CCCCc1cc2c(=O)c(C(=O)OCC)c[nH]c2cc1SCCOc1ccccc1. The van der Waals surface area contributed by atoms with Crippen molar-refractivity contribution < 1.29 is 14.3 Å². The van der Waals surface area contributed by atoms with Crippen LogP contribution in [0.1, 0.15) is 42.6 Å². The summed E-state index contributed by atoms with van der Waals surface area (Å²) in [6.45, 7) is 4.70. The highest BCUT2D eigenvalue weighted by Gasteiger charge is 2.16. The van der Waals surface area contributed by atoms with Gasteiger partial charge in [0, 0.05) is 22.2 Å². The number of aromatic amines is 1. The first kappa shape index (κ1) is 22.0. The quantitative estimate of drug-likeness (QED) is 0.274.